The quantitative estimate of drug-likeness (QED) is 0.618. The fraction of sp³-hybridized carbons (Fsp3) is 0.133. The van der Waals surface area contributed by atoms with Crippen molar-refractivity contribution in [1.29, 1.82) is 0 Å². The fourth-order valence-electron chi connectivity index (χ4n) is 2.03. The molecule has 2 aromatic carbocycles. The Hall–Kier alpha value is -1.45. The molecule has 0 N–H and O–H groups in total. The molecule has 1 aliphatic rings. The normalized spacial score (nSPS) is 17.0. The second kappa shape index (κ2) is 5.27. The third kappa shape index (κ3) is 2.77. The van der Waals surface area contributed by atoms with Gasteiger partial charge in [-0.15, -0.1) is 11.8 Å². The van der Waals surface area contributed by atoms with Gasteiger partial charge < -0.3 is 4.74 Å². The maximum absolute atomic E-state index is 12.1. The lowest BCUT2D eigenvalue weighted by Gasteiger charge is -2.08. The Morgan fingerprint density at radius 1 is 1.21 bits per heavy atom. The van der Waals surface area contributed by atoms with Gasteiger partial charge in [-0.2, -0.15) is 0 Å². The molecule has 0 radical (unpaired) electrons. The Morgan fingerprint density at radius 2 is 2.05 bits per heavy atom. The first kappa shape index (κ1) is 12.6. The monoisotopic (exact) mass is 290 g/mol. The summed E-state index contributed by atoms with van der Waals surface area (Å²) < 4.78 is 5.37. The van der Waals surface area contributed by atoms with E-state index in [1.165, 1.54) is 5.56 Å². The van der Waals surface area contributed by atoms with Crippen molar-refractivity contribution >= 4 is 29.3 Å². The highest BCUT2D eigenvalue weighted by atomic mass is 35.5. The minimum Gasteiger partial charge on any atom is -0.426 e. The summed E-state index contributed by atoms with van der Waals surface area (Å²) in [5.41, 5.74) is 1.21. The molecule has 4 heteroatoms. The first-order valence-electron chi connectivity index (χ1n) is 5.94. The van der Waals surface area contributed by atoms with Crippen LogP contribution in [0.1, 0.15) is 5.56 Å². The molecule has 1 atom stereocenters. The standard InChI is InChI=1S/C15H11ClO2S/c16-11-5-3-6-12(9-11)18-15(17)14-8-10-4-1-2-7-13(10)19-14/h1-7,9,14H,8H2. The zero-order valence-electron chi connectivity index (χ0n) is 10.0. The van der Waals surface area contributed by atoms with Crippen LogP contribution in [-0.4, -0.2) is 11.2 Å². The van der Waals surface area contributed by atoms with Crippen LogP contribution >= 0.6 is 23.4 Å². The molecule has 0 aliphatic carbocycles. The van der Waals surface area contributed by atoms with E-state index < -0.39 is 0 Å². The van der Waals surface area contributed by atoms with Gasteiger partial charge in [-0.25, -0.2) is 0 Å². The molecule has 0 spiro atoms. The topological polar surface area (TPSA) is 26.3 Å². The molecular weight excluding hydrogens is 280 g/mol. The molecule has 2 aromatic rings. The summed E-state index contributed by atoms with van der Waals surface area (Å²) >= 11 is 7.42. The summed E-state index contributed by atoms with van der Waals surface area (Å²) in [6, 6.07) is 14.9. The summed E-state index contributed by atoms with van der Waals surface area (Å²) in [5.74, 6) is 0.275. The van der Waals surface area contributed by atoms with Crippen LogP contribution in [0.25, 0.3) is 0 Å². The van der Waals surface area contributed by atoms with Gasteiger partial charge in [-0.3, -0.25) is 4.79 Å². The van der Waals surface area contributed by atoms with E-state index in [-0.39, 0.29) is 11.2 Å². The smallest absolute Gasteiger partial charge is 0.325 e. The van der Waals surface area contributed by atoms with E-state index in [4.69, 9.17) is 16.3 Å². The van der Waals surface area contributed by atoms with Crippen molar-refractivity contribution < 1.29 is 9.53 Å². The van der Waals surface area contributed by atoms with E-state index in [1.54, 1.807) is 36.0 Å². The molecule has 0 saturated carbocycles. The summed E-state index contributed by atoms with van der Waals surface area (Å²) in [4.78, 5) is 13.3. The Morgan fingerprint density at radius 3 is 2.84 bits per heavy atom. The van der Waals surface area contributed by atoms with Crippen molar-refractivity contribution in [2.24, 2.45) is 0 Å². The highest BCUT2D eigenvalue weighted by Gasteiger charge is 2.29. The number of halogens is 1. The van der Waals surface area contributed by atoms with Crippen LogP contribution in [0.2, 0.25) is 5.02 Å². The van der Waals surface area contributed by atoms with Gasteiger partial charge in [0.05, 0.1) is 0 Å². The van der Waals surface area contributed by atoms with Gasteiger partial charge in [0.1, 0.15) is 11.0 Å². The summed E-state index contributed by atoms with van der Waals surface area (Å²) in [6.07, 6.45) is 0.722. The average Bonchev–Trinajstić information content (AvgIpc) is 2.82. The number of benzene rings is 2. The van der Waals surface area contributed by atoms with Gasteiger partial charge >= 0.3 is 5.97 Å². The molecule has 19 heavy (non-hydrogen) atoms. The van der Waals surface area contributed by atoms with E-state index in [0.29, 0.717) is 10.8 Å². The molecule has 0 amide bonds. The molecule has 1 unspecified atom stereocenters. The third-order valence-electron chi connectivity index (χ3n) is 2.92. The number of thioether (sulfide) groups is 1. The predicted molar refractivity (Wildman–Crippen MR) is 76.9 cm³/mol. The summed E-state index contributed by atoms with van der Waals surface area (Å²) in [5, 5.41) is 0.393. The Bertz CT molecular complexity index is 602. The third-order valence-corrected chi connectivity index (χ3v) is 4.46. The molecule has 1 heterocycles. The maximum Gasteiger partial charge on any atom is 0.325 e. The van der Waals surface area contributed by atoms with Crippen LogP contribution in [0, 0.1) is 0 Å². The second-order valence-electron chi connectivity index (χ2n) is 4.30. The Labute approximate surface area is 120 Å². The lowest BCUT2D eigenvalue weighted by Crippen LogP contribution is -2.22. The predicted octanol–water partition coefficient (Wildman–Crippen LogP) is 3.96. The minimum atomic E-state index is -0.219. The molecule has 2 nitrogen and oxygen atoms in total. The molecule has 3 rings (SSSR count). The first-order chi connectivity index (χ1) is 9.22. The molecule has 1 aliphatic heterocycles. The van der Waals surface area contributed by atoms with Crippen LogP contribution in [0.5, 0.6) is 5.75 Å². The van der Waals surface area contributed by atoms with Gasteiger partial charge in [0.2, 0.25) is 0 Å². The number of hydrogen-bond acceptors (Lipinski definition) is 3. The number of carbonyl (C=O) groups is 1. The van der Waals surface area contributed by atoms with Crippen molar-refractivity contribution in [3.05, 3.63) is 59.1 Å². The van der Waals surface area contributed by atoms with E-state index >= 15 is 0 Å². The number of carbonyl (C=O) groups excluding carboxylic acids is 1. The maximum atomic E-state index is 12.1. The Balaban J connectivity index is 1.70. The minimum absolute atomic E-state index is 0.170. The van der Waals surface area contributed by atoms with Gasteiger partial charge in [-0.05, 0) is 36.2 Å². The van der Waals surface area contributed by atoms with Gasteiger partial charge in [-0.1, -0.05) is 35.9 Å². The highest BCUT2D eigenvalue weighted by molar-refractivity contribution is 8.01. The molecule has 96 valence electrons. The van der Waals surface area contributed by atoms with Crippen molar-refractivity contribution in [1.82, 2.24) is 0 Å². The van der Waals surface area contributed by atoms with E-state index in [1.807, 2.05) is 18.2 Å². The number of esters is 1. The molecule has 0 saturated heterocycles. The Kier molecular flexibility index (Phi) is 3.49. The van der Waals surface area contributed by atoms with Crippen LogP contribution < -0.4 is 4.74 Å². The van der Waals surface area contributed by atoms with Gasteiger partial charge in [0.25, 0.3) is 0 Å². The number of rotatable bonds is 2. The van der Waals surface area contributed by atoms with Gasteiger partial charge in [0, 0.05) is 9.92 Å². The van der Waals surface area contributed by atoms with Crippen molar-refractivity contribution in [2.75, 3.05) is 0 Å². The lowest BCUT2D eigenvalue weighted by molar-refractivity contribution is -0.133. The first-order valence-corrected chi connectivity index (χ1v) is 7.20. The van der Waals surface area contributed by atoms with Crippen molar-refractivity contribution in [2.45, 2.75) is 16.6 Å². The van der Waals surface area contributed by atoms with E-state index in [0.717, 1.165) is 11.3 Å². The second-order valence-corrected chi connectivity index (χ2v) is 5.98. The number of ether oxygens (including phenoxy) is 1. The van der Waals surface area contributed by atoms with E-state index in [2.05, 4.69) is 6.07 Å². The van der Waals surface area contributed by atoms with Crippen molar-refractivity contribution in [3.8, 4) is 5.75 Å². The van der Waals surface area contributed by atoms with Crippen LogP contribution in [0.4, 0.5) is 0 Å². The largest absolute Gasteiger partial charge is 0.426 e. The molecule has 0 aromatic heterocycles. The SMILES string of the molecule is O=C(Oc1cccc(Cl)c1)C1Cc2ccccc2S1. The summed E-state index contributed by atoms with van der Waals surface area (Å²) in [6.45, 7) is 0. The molecular formula is C15H11ClO2S. The summed E-state index contributed by atoms with van der Waals surface area (Å²) in [7, 11) is 0. The number of fused-ring (bicyclic) bond motifs is 1. The zero-order chi connectivity index (χ0) is 13.2. The van der Waals surface area contributed by atoms with Crippen molar-refractivity contribution in [3.63, 3.8) is 0 Å². The molecule has 0 fully saturated rings. The number of hydrogen-bond donors (Lipinski definition) is 0. The van der Waals surface area contributed by atoms with Crippen LogP contribution in [0.3, 0.4) is 0 Å². The highest BCUT2D eigenvalue weighted by Crippen LogP contribution is 2.37. The average molecular weight is 291 g/mol. The fourth-order valence-corrected chi connectivity index (χ4v) is 3.38. The zero-order valence-corrected chi connectivity index (χ0v) is 11.6. The van der Waals surface area contributed by atoms with Crippen LogP contribution in [0.15, 0.2) is 53.4 Å². The van der Waals surface area contributed by atoms with Gasteiger partial charge in [0.15, 0.2) is 0 Å². The van der Waals surface area contributed by atoms with Crippen LogP contribution in [-0.2, 0) is 11.2 Å². The molecule has 0 bridgehead atoms. The van der Waals surface area contributed by atoms with E-state index in [9.17, 15) is 4.79 Å². The lowest BCUT2D eigenvalue weighted by atomic mass is 10.1.